The van der Waals surface area contributed by atoms with Crippen molar-refractivity contribution < 1.29 is 14.7 Å². The molecule has 0 atom stereocenters. The third kappa shape index (κ3) is 7.11. The molecule has 3 N–H and O–H groups in total. The summed E-state index contributed by atoms with van der Waals surface area (Å²) in [6, 6.07) is 0.0927. The molecule has 6 heteroatoms. The first-order chi connectivity index (χ1) is 8.52. The van der Waals surface area contributed by atoms with E-state index in [9.17, 15) is 4.79 Å². The highest BCUT2D eigenvalue weighted by Crippen LogP contribution is 2.04. The van der Waals surface area contributed by atoms with Crippen LogP contribution in [-0.2, 0) is 9.53 Å². The summed E-state index contributed by atoms with van der Waals surface area (Å²) in [6.45, 7) is 7.49. The molecule has 0 aromatic rings. The highest BCUT2D eigenvalue weighted by atomic mass is 16.5. The molecule has 0 unspecified atom stereocenters. The maximum absolute atomic E-state index is 12.0. The van der Waals surface area contributed by atoms with Crippen molar-refractivity contribution in [3.05, 3.63) is 0 Å². The number of ether oxygens (including phenoxy) is 1. The van der Waals surface area contributed by atoms with Crippen LogP contribution in [0.5, 0.6) is 0 Å². The summed E-state index contributed by atoms with van der Waals surface area (Å²) in [5.41, 5.74) is 5.40. The Morgan fingerprint density at radius 2 is 2.06 bits per heavy atom. The van der Waals surface area contributed by atoms with Crippen molar-refractivity contribution in [2.75, 3.05) is 19.8 Å². The van der Waals surface area contributed by atoms with Crippen LogP contribution < -0.4 is 5.73 Å². The first kappa shape index (κ1) is 16.7. The fraction of sp³-hybridized carbons (Fsp3) is 0.833. The molecule has 0 aliphatic rings. The van der Waals surface area contributed by atoms with Crippen molar-refractivity contribution in [1.29, 1.82) is 0 Å². The monoisotopic (exact) mass is 259 g/mol. The van der Waals surface area contributed by atoms with Crippen molar-refractivity contribution in [2.45, 2.75) is 46.1 Å². The van der Waals surface area contributed by atoms with E-state index in [4.69, 9.17) is 15.7 Å². The fourth-order valence-electron chi connectivity index (χ4n) is 1.51. The number of carbonyl (C=O) groups is 1. The smallest absolute Gasteiger partial charge is 0.225 e. The topological polar surface area (TPSA) is 88.2 Å². The number of carbonyl (C=O) groups excluding carboxylic acids is 1. The molecule has 1 amide bonds. The number of amidine groups is 1. The Balaban J connectivity index is 4.11. The molecule has 106 valence electrons. The molecule has 0 saturated heterocycles. The summed E-state index contributed by atoms with van der Waals surface area (Å²) in [6.07, 6.45) is 1.69. The molecule has 0 rings (SSSR count). The van der Waals surface area contributed by atoms with Crippen LogP contribution in [0.2, 0.25) is 0 Å². The van der Waals surface area contributed by atoms with E-state index in [0.29, 0.717) is 32.6 Å². The van der Waals surface area contributed by atoms with Crippen molar-refractivity contribution in [1.82, 2.24) is 4.90 Å². The van der Waals surface area contributed by atoms with E-state index in [1.165, 1.54) is 0 Å². The van der Waals surface area contributed by atoms with E-state index in [0.717, 1.165) is 6.42 Å². The number of amides is 1. The van der Waals surface area contributed by atoms with Gasteiger partial charge in [0.15, 0.2) is 0 Å². The van der Waals surface area contributed by atoms with Crippen molar-refractivity contribution in [3.8, 4) is 0 Å². The van der Waals surface area contributed by atoms with Crippen LogP contribution in [-0.4, -0.2) is 47.7 Å². The largest absolute Gasteiger partial charge is 0.409 e. The Bertz CT molecular complexity index is 267. The average Bonchev–Trinajstić information content (AvgIpc) is 2.34. The second-order valence-corrected chi connectivity index (χ2v) is 4.38. The van der Waals surface area contributed by atoms with Gasteiger partial charge in [-0.05, 0) is 20.3 Å². The molecule has 0 spiro atoms. The molecule has 18 heavy (non-hydrogen) atoms. The van der Waals surface area contributed by atoms with E-state index in [-0.39, 0.29) is 17.8 Å². The second-order valence-electron chi connectivity index (χ2n) is 4.38. The fourth-order valence-corrected chi connectivity index (χ4v) is 1.51. The van der Waals surface area contributed by atoms with Crippen molar-refractivity contribution in [2.24, 2.45) is 10.9 Å². The molecule has 0 heterocycles. The Hall–Kier alpha value is -1.30. The standard InChI is InChI=1S/C12H25N3O3/c1-4-8-18-9-6-12(16)15(10(2)3)7-5-11(13)14-17/h10,17H,4-9H2,1-3H3,(H2,13,14). The zero-order valence-corrected chi connectivity index (χ0v) is 11.6. The third-order valence-electron chi connectivity index (χ3n) is 2.49. The zero-order chi connectivity index (χ0) is 14.0. The molecule has 0 aromatic heterocycles. The van der Waals surface area contributed by atoms with E-state index >= 15 is 0 Å². The summed E-state index contributed by atoms with van der Waals surface area (Å²) in [7, 11) is 0. The van der Waals surface area contributed by atoms with Crippen LogP contribution in [0.1, 0.15) is 40.0 Å². The van der Waals surface area contributed by atoms with Gasteiger partial charge in [0.2, 0.25) is 5.91 Å². The van der Waals surface area contributed by atoms with Gasteiger partial charge in [-0.1, -0.05) is 12.1 Å². The van der Waals surface area contributed by atoms with Gasteiger partial charge in [-0.2, -0.15) is 0 Å². The van der Waals surface area contributed by atoms with Crippen LogP contribution >= 0.6 is 0 Å². The second kappa shape index (κ2) is 9.70. The lowest BCUT2D eigenvalue weighted by atomic mass is 10.2. The predicted molar refractivity (Wildman–Crippen MR) is 70.6 cm³/mol. The van der Waals surface area contributed by atoms with Gasteiger partial charge in [-0.3, -0.25) is 4.79 Å². The Labute approximate surface area is 109 Å². The molecule has 0 fully saturated rings. The van der Waals surface area contributed by atoms with Gasteiger partial charge in [0, 0.05) is 25.6 Å². The Kier molecular flexibility index (Phi) is 9.00. The first-order valence-corrected chi connectivity index (χ1v) is 6.36. The summed E-state index contributed by atoms with van der Waals surface area (Å²) in [5, 5.41) is 11.4. The predicted octanol–water partition coefficient (Wildman–Crippen LogP) is 1.18. The van der Waals surface area contributed by atoms with Crippen LogP contribution in [0.25, 0.3) is 0 Å². The Morgan fingerprint density at radius 1 is 1.39 bits per heavy atom. The molecule has 0 saturated carbocycles. The van der Waals surface area contributed by atoms with E-state index < -0.39 is 0 Å². The van der Waals surface area contributed by atoms with Gasteiger partial charge in [0.1, 0.15) is 5.84 Å². The number of hydrogen-bond acceptors (Lipinski definition) is 4. The summed E-state index contributed by atoms with van der Waals surface area (Å²) in [4.78, 5) is 13.7. The van der Waals surface area contributed by atoms with Gasteiger partial charge in [0.25, 0.3) is 0 Å². The third-order valence-corrected chi connectivity index (χ3v) is 2.49. The Morgan fingerprint density at radius 3 is 2.56 bits per heavy atom. The molecule has 0 aromatic carbocycles. The number of rotatable bonds is 9. The van der Waals surface area contributed by atoms with Gasteiger partial charge < -0.3 is 20.6 Å². The minimum absolute atomic E-state index is 0.0341. The number of hydrogen-bond donors (Lipinski definition) is 2. The van der Waals surface area contributed by atoms with Gasteiger partial charge in [-0.15, -0.1) is 0 Å². The van der Waals surface area contributed by atoms with Gasteiger partial charge in [-0.25, -0.2) is 0 Å². The maximum atomic E-state index is 12.0. The van der Waals surface area contributed by atoms with Crippen LogP contribution in [0.4, 0.5) is 0 Å². The molecule has 6 nitrogen and oxygen atoms in total. The molecule has 0 aliphatic heterocycles. The van der Waals surface area contributed by atoms with Crippen molar-refractivity contribution >= 4 is 11.7 Å². The van der Waals surface area contributed by atoms with Gasteiger partial charge >= 0.3 is 0 Å². The quantitative estimate of drug-likeness (QED) is 0.214. The molecule has 0 aliphatic carbocycles. The van der Waals surface area contributed by atoms with Gasteiger partial charge in [0.05, 0.1) is 13.0 Å². The minimum atomic E-state index is 0.0341. The summed E-state index contributed by atoms with van der Waals surface area (Å²) >= 11 is 0. The molecule has 0 radical (unpaired) electrons. The molecule has 0 bridgehead atoms. The highest BCUT2D eigenvalue weighted by molar-refractivity contribution is 5.81. The van der Waals surface area contributed by atoms with E-state index in [1.807, 2.05) is 20.8 Å². The summed E-state index contributed by atoms with van der Waals surface area (Å²) in [5.74, 6) is 0.169. The lowest BCUT2D eigenvalue weighted by molar-refractivity contribution is -0.133. The average molecular weight is 259 g/mol. The summed E-state index contributed by atoms with van der Waals surface area (Å²) < 4.78 is 5.29. The minimum Gasteiger partial charge on any atom is -0.409 e. The number of nitrogens with two attached hydrogens (primary N) is 1. The normalized spacial score (nSPS) is 11.9. The molecular formula is C12H25N3O3. The van der Waals surface area contributed by atoms with E-state index in [2.05, 4.69) is 5.16 Å². The SMILES string of the molecule is CCCOCCC(=O)N(CC/C(N)=N/O)C(C)C. The van der Waals surface area contributed by atoms with Crippen LogP contribution in [0.3, 0.4) is 0 Å². The number of oxime groups is 1. The number of nitrogens with zero attached hydrogens (tertiary/aromatic N) is 2. The highest BCUT2D eigenvalue weighted by Gasteiger charge is 2.16. The lowest BCUT2D eigenvalue weighted by Gasteiger charge is -2.26. The first-order valence-electron chi connectivity index (χ1n) is 6.36. The zero-order valence-electron chi connectivity index (χ0n) is 11.6. The molecular weight excluding hydrogens is 234 g/mol. The van der Waals surface area contributed by atoms with E-state index in [1.54, 1.807) is 4.90 Å². The van der Waals surface area contributed by atoms with Crippen molar-refractivity contribution in [3.63, 3.8) is 0 Å². The maximum Gasteiger partial charge on any atom is 0.225 e. The van der Waals surface area contributed by atoms with Crippen LogP contribution in [0.15, 0.2) is 5.16 Å². The van der Waals surface area contributed by atoms with Crippen LogP contribution in [0, 0.1) is 0 Å². The lowest BCUT2D eigenvalue weighted by Crippen LogP contribution is -2.39.